The summed E-state index contributed by atoms with van der Waals surface area (Å²) in [5, 5.41) is 5.69. The highest BCUT2D eigenvalue weighted by molar-refractivity contribution is 14.1. The van der Waals surface area contributed by atoms with Crippen LogP contribution >= 0.6 is 22.9 Å². The summed E-state index contributed by atoms with van der Waals surface area (Å²) in [6.07, 6.45) is 0. The van der Waals surface area contributed by atoms with Gasteiger partial charge in [0.25, 0.3) is 5.91 Å². The van der Waals surface area contributed by atoms with E-state index in [2.05, 4.69) is 46.4 Å². The number of halogens is 1. The molecule has 0 unspecified atom stereocenters. The van der Waals surface area contributed by atoms with Crippen LogP contribution in [-0.2, 0) is 9.47 Å². The number of nitrogens with one attached hydrogen (secondary N) is 2. The molecule has 6 rings (SSSR count). The van der Waals surface area contributed by atoms with Crippen molar-refractivity contribution >= 4 is 58.1 Å². The number of carbonyl (C=O) groups is 2. The molecule has 4 heterocycles. The number of aromatic nitrogens is 3. The highest BCUT2D eigenvalue weighted by Gasteiger charge is 2.22. The first-order valence-electron chi connectivity index (χ1n) is 14.4. The molecule has 14 heteroatoms. The number of carbonyl (C=O) groups excluding carboxylic acids is 2. The molecular formula is C29H34IN9O4. The van der Waals surface area contributed by atoms with Crippen molar-refractivity contribution in [2.75, 3.05) is 99.2 Å². The minimum atomic E-state index is -0.380. The molecule has 3 aliphatic heterocycles. The number of urea groups is 1. The van der Waals surface area contributed by atoms with E-state index in [4.69, 9.17) is 24.4 Å². The molecule has 0 atom stereocenters. The van der Waals surface area contributed by atoms with E-state index in [9.17, 15) is 9.59 Å². The second-order valence-corrected chi connectivity index (χ2v) is 11.8. The van der Waals surface area contributed by atoms with Gasteiger partial charge in [0, 0.05) is 97.7 Å². The van der Waals surface area contributed by atoms with E-state index < -0.39 is 0 Å². The van der Waals surface area contributed by atoms with Crippen molar-refractivity contribution in [3.05, 3.63) is 54.1 Å². The van der Waals surface area contributed by atoms with Gasteiger partial charge >= 0.3 is 6.03 Å². The molecule has 2 aromatic carbocycles. The summed E-state index contributed by atoms with van der Waals surface area (Å²) in [4.78, 5) is 45.9. The minimum Gasteiger partial charge on any atom is -0.378 e. The number of amides is 3. The molecule has 3 saturated heterocycles. The molecule has 3 aromatic rings. The number of nitrogens with zero attached hydrogens (tertiary/aromatic N) is 7. The maximum absolute atomic E-state index is 12.8. The van der Waals surface area contributed by atoms with Crippen molar-refractivity contribution in [1.82, 2.24) is 23.0 Å². The second-order valence-electron chi connectivity index (χ2n) is 10.4. The lowest BCUT2D eigenvalue weighted by atomic mass is 10.1. The van der Waals surface area contributed by atoms with Crippen LogP contribution in [0.5, 0.6) is 0 Å². The molecule has 43 heavy (non-hydrogen) atoms. The predicted molar refractivity (Wildman–Crippen MR) is 172 cm³/mol. The van der Waals surface area contributed by atoms with Crippen LogP contribution in [0.4, 0.5) is 28.1 Å². The molecular weight excluding hydrogens is 665 g/mol. The summed E-state index contributed by atoms with van der Waals surface area (Å²) >= 11 is 2.28. The van der Waals surface area contributed by atoms with E-state index in [0.29, 0.717) is 74.2 Å². The maximum Gasteiger partial charge on any atom is 0.323 e. The number of anilines is 4. The zero-order chi connectivity index (χ0) is 29.6. The Morgan fingerprint density at radius 2 is 1.14 bits per heavy atom. The Morgan fingerprint density at radius 1 is 0.651 bits per heavy atom. The zero-order valence-corrected chi connectivity index (χ0v) is 25.9. The average Bonchev–Trinajstić information content (AvgIpc) is 3.06. The van der Waals surface area contributed by atoms with Gasteiger partial charge in [-0.15, -0.1) is 0 Å². The Kier molecular flexibility index (Phi) is 9.45. The molecule has 226 valence electrons. The van der Waals surface area contributed by atoms with Crippen LogP contribution in [0.2, 0.25) is 0 Å². The van der Waals surface area contributed by atoms with Crippen molar-refractivity contribution in [2.45, 2.75) is 0 Å². The minimum absolute atomic E-state index is 0.00731. The summed E-state index contributed by atoms with van der Waals surface area (Å²) in [6.45, 7) is 8.55. The number of piperazine rings is 1. The van der Waals surface area contributed by atoms with Crippen LogP contribution in [0, 0.1) is 0 Å². The lowest BCUT2D eigenvalue weighted by Gasteiger charge is -2.31. The standard InChI is InChI=1S/C29H34IN9O4/c30-39-11-9-36(10-12-39)26(40)22-3-7-24(8-4-22)32-29(41)31-23-5-1-21(2-6-23)25-33-27(37-13-17-42-18-14-37)35-28(34-25)38-15-19-43-20-16-38/h1-8H,9-20H2,(H2,31,32,41). The number of hydrogen-bond acceptors (Lipinski definition) is 10. The Morgan fingerprint density at radius 3 is 1.65 bits per heavy atom. The molecule has 0 spiro atoms. The Bertz CT molecular complexity index is 1370. The molecule has 2 N–H and O–H groups in total. The average molecular weight is 700 g/mol. The molecule has 3 amide bonds. The molecule has 1 aromatic heterocycles. The van der Waals surface area contributed by atoms with Crippen molar-refractivity contribution in [1.29, 1.82) is 0 Å². The van der Waals surface area contributed by atoms with Gasteiger partial charge < -0.3 is 34.8 Å². The van der Waals surface area contributed by atoms with Gasteiger partial charge in [-0.05, 0) is 48.5 Å². The molecule has 0 radical (unpaired) electrons. The summed E-state index contributed by atoms with van der Waals surface area (Å²) in [7, 11) is 0. The topological polar surface area (TPSA) is 128 Å². The third kappa shape index (κ3) is 7.49. The predicted octanol–water partition coefficient (Wildman–Crippen LogP) is 2.96. The van der Waals surface area contributed by atoms with Crippen molar-refractivity contribution in [2.24, 2.45) is 0 Å². The van der Waals surface area contributed by atoms with Gasteiger partial charge in [0.1, 0.15) is 0 Å². The van der Waals surface area contributed by atoms with E-state index in [-0.39, 0.29) is 11.9 Å². The van der Waals surface area contributed by atoms with E-state index in [1.54, 1.807) is 24.3 Å². The van der Waals surface area contributed by atoms with E-state index in [1.807, 2.05) is 29.2 Å². The normalized spacial score (nSPS) is 17.9. The molecule has 0 bridgehead atoms. The monoisotopic (exact) mass is 699 g/mol. The summed E-state index contributed by atoms with van der Waals surface area (Å²) in [6, 6.07) is 14.0. The fourth-order valence-corrected chi connectivity index (χ4v) is 5.48. The van der Waals surface area contributed by atoms with Crippen LogP contribution in [0.3, 0.4) is 0 Å². The van der Waals surface area contributed by atoms with Gasteiger partial charge in [0.2, 0.25) is 11.9 Å². The van der Waals surface area contributed by atoms with Gasteiger partial charge in [-0.1, -0.05) is 0 Å². The van der Waals surface area contributed by atoms with Crippen LogP contribution in [0.15, 0.2) is 48.5 Å². The first-order chi connectivity index (χ1) is 21.0. The third-order valence-corrected chi connectivity index (χ3v) is 8.47. The Hall–Kier alpha value is -3.60. The number of benzene rings is 2. The highest BCUT2D eigenvalue weighted by atomic mass is 127. The van der Waals surface area contributed by atoms with Crippen molar-refractivity contribution in [3.8, 4) is 11.4 Å². The van der Waals surface area contributed by atoms with Gasteiger partial charge in [-0.2, -0.15) is 15.0 Å². The summed E-state index contributed by atoms with van der Waals surface area (Å²) < 4.78 is 13.2. The van der Waals surface area contributed by atoms with Crippen molar-refractivity contribution < 1.29 is 19.1 Å². The number of hydrogen-bond donors (Lipinski definition) is 2. The second kappa shape index (κ2) is 13.8. The van der Waals surface area contributed by atoms with Crippen LogP contribution in [0.25, 0.3) is 11.4 Å². The first kappa shape index (κ1) is 29.5. The molecule has 0 saturated carbocycles. The summed E-state index contributed by atoms with van der Waals surface area (Å²) in [5.41, 5.74) is 2.64. The zero-order valence-electron chi connectivity index (χ0n) is 23.7. The largest absolute Gasteiger partial charge is 0.378 e. The number of rotatable bonds is 6. The lowest BCUT2D eigenvalue weighted by molar-refractivity contribution is 0.0711. The first-order valence-corrected chi connectivity index (χ1v) is 15.4. The quantitative estimate of drug-likeness (QED) is 0.293. The van der Waals surface area contributed by atoms with Crippen LogP contribution in [0.1, 0.15) is 10.4 Å². The Balaban J connectivity index is 1.10. The Labute approximate surface area is 264 Å². The number of ether oxygens (including phenoxy) is 2. The lowest BCUT2D eigenvalue weighted by Crippen LogP contribution is -2.45. The molecule has 0 aliphatic carbocycles. The SMILES string of the molecule is O=C(Nc1ccc(C(=O)N2CCN(I)CC2)cc1)Nc1ccc(-c2nc(N3CCOCC3)nc(N3CCOCC3)n2)cc1. The van der Waals surface area contributed by atoms with Gasteiger partial charge in [-0.25, -0.2) is 7.91 Å². The van der Waals surface area contributed by atoms with Crippen LogP contribution < -0.4 is 20.4 Å². The number of morpholine rings is 2. The smallest absolute Gasteiger partial charge is 0.323 e. The van der Waals surface area contributed by atoms with Gasteiger partial charge in [0.05, 0.1) is 26.4 Å². The van der Waals surface area contributed by atoms with Gasteiger partial charge in [-0.3, -0.25) is 4.79 Å². The fourth-order valence-electron chi connectivity index (χ4n) is 5.05. The van der Waals surface area contributed by atoms with E-state index in [0.717, 1.165) is 44.8 Å². The summed E-state index contributed by atoms with van der Waals surface area (Å²) in [5.74, 6) is 1.84. The highest BCUT2D eigenvalue weighted by Crippen LogP contribution is 2.24. The van der Waals surface area contributed by atoms with Crippen LogP contribution in [-0.4, -0.2) is 114 Å². The van der Waals surface area contributed by atoms with E-state index in [1.165, 1.54) is 0 Å². The molecule has 3 aliphatic rings. The fraction of sp³-hybridized carbons (Fsp3) is 0.414. The third-order valence-electron chi connectivity index (χ3n) is 7.50. The maximum atomic E-state index is 12.8. The van der Waals surface area contributed by atoms with E-state index >= 15 is 0 Å². The van der Waals surface area contributed by atoms with Gasteiger partial charge in [0.15, 0.2) is 5.82 Å². The molecule has 3 fully saturated rings. The molecule has 13 nitrogen and oxygen atoms in total. The van der Waals surface area contributed by atoms with Crippen molar-refractivity contribution in [3.63, 3.8) is 0 Å².